The quantitative estimate of drug-likeness (QED) is 0.298. The van der Waals surface area contributed by atoms with E-state index in [1.807, 2.05) is 0 Å². The molecule has 0 aliphatic carbocycles. The summed E-state index contributed by atoms with van der Waals surface area (Å²) in [4.78, 5) is 0. The van der Waals surface area contributed by atoms with E-state index in [1.54, 1.807) is 19.0 Å². The van der Waals surface area contributed by atoms with Crippen LogP contribution in [0.3, 0.4) is 0 Å². The summed E-state index contributed by atoms with van der Waals surface area (Å²) in [5.41, 5.74) is 0. The van der Waals surface area contributed by atoms with Gasteiger partial charge in [-0.1, -0.05) is 0 Å². The van der Waals surface area contributed by atoms with Crippen molar-refractivity contribution < 1.29 is 115 Å². The third-order valence-electron chi connectivity index (χ3n) is 0. The van der Waals surface area contributed by atoms with E-state index >= 15 is 0 Å². The summed E-state index contributed by atoms with van der Waals surface area (Å²) in [6.07, 6.45) is 2.06. The largest absolute Gasteiger partial charge is 0 e. The Morgan fingerprint density at radius 2 is 1.17 bits per heavy atom. The molecule has 0 saturated carbocycles. The molecule has 0 saturated heterocycles. The molecule has 0 atom stereocenters. The molecule has 6 heteroatoms. The first-order valence-electron chi connectivity index (χ1n) is 0.378. The van der Waals surface area contributed by atoms with Gasteiger partial charge >= 0.3 is 25.2 Å². The van der Waals surface area contributed by atoms with E-state index in [2.05, 4.69) is 6.20 Å². The van der Waals surface area contributed by atoms with Gasteiger partial charge in [0.25, 0.3) is 0 Å². The van der Waals surface area contributed by atoms with Crippen molar-refractivity contribution in [2.45, 2.75) is 0 Å². The minimum absolute atomic E-state index is 0. The minimum atomic E-state index is 0. The molecule has 0 aromatic carbocycles. The fraction of sp³-hybridized carbons (Fsp3) is 0. The molecule has 41 valence electrons. The molecule has 0 spiro atoms. The van der Waals surface area contributed by atoms with Crippen molar-refractivity contribution >= 4 is 6.20 Å². The first-order chi connectivity index (χ1) is 1.00. The van der Waals surface area contributed by atoms with Gasteiger partial charge in [0.15, 0.2) is 0 Å². The van der Waals surface area contributed by atoms with E-state index in [0.29, 0.717) is 0 Å². The van der Waals surface area contributed by atoms with Gasteiger partial charge < -0.3 is 0 Å². The van der Waals surface area contributed by atoms with Crippen LogP contribution in [0.15, 0.2) is 0 Å². The molecule has 0 bridgehead atoms. The van der Waals surface area contributed by atoms with Crippen molar-refractivity contribution in [2.75, 3.05) is 0 Å². The second-order valence-electron chi connectivity index (χ2n) is 0. The van der Waals surface area contributed by atoms with Gasteiger partial charge in [0.1, 0.15) is 0 Å². The second kappa shape index (κ2) is 37.0. The minimum Gasteiger partial charge on any atom is 0 e. The maximum Gasteiger partial charge on any atom is 0 e. The van der Waals surface area contributed by atoms with Gasteiger partial charge in [-0.25, -0.2) is 0 Å². The maximum absolute atomic E-state index is 2.06. The van der Waals surface area contributed by atoms with Gasteiger partial charge in [0.2, 0.25) is 0 Å². The molecule has 0 fully saturated rings. The summed E-state index contributed by atoms with van der Waals surface area (Å²) in [5, 5.41) is 0. The predicted octanol–water partition coefficient (Wildman–Crippen LogP) is -0.926. The first kappa shape index (κ1) is 32.9. The van der Waals surface area contributed by atoms with Crippen molar-refractivity contribution in [3.63, 3.8) is 0 Å². The molecule has 0 aliphatic heterocycles. The Hall–Kier alpha value is 3.81. The molecule has 0 aliphatic rings. The Bertz CT molecular complexity index is 15.5. The fourth-order valence-corrected chi connectivity index (χ4v) is 0. The molecule has 0 heterocycles. The summed E-state index contributed by atoms with van der Waals surface area (Å²) in [6.45, 7) is 0. The number of hydrogen-bond donors (Lipinski definition) is 0. The first-order valence-corrected chi connectivity index (χ1v) is 3.09. The van der Waals surface area contributed by atoms with Crippen LogP contribution in [-0.2, 0) is 74.2 Å². The molecule has 0 N–H and O–H groups in total. The average Bonchev–Trinajstić information content (AvgIpc) is 1.00. The Kier molecular flexibility index (Phi) is 203. The van der Waals surface area contributed by atoms with Crippen molar-refractivity contribution in [1.82, 2.24) is 0 Å². The van der Waals surface area contributed by atoms with Crippen molar-refractivity contribution in [1.29, 1.82) is 0 Å². The normalized spacial score (nSPS) is 0.833. The van der Waals surface area contributed by atoms with Crippen LogP contribution in [0.5, 0.6) is 0 Å². The number of hydrogen-bond acceptors (Lipinski definition) is 0. The molecule has 0 rings (SSSR count). The van der Waals surface area contributed by atoms with Crippen LogP contribution in [-0.4, -0.2) is 6.20 Å². The van der Waals surface area contributed by atoms with Crippen LogP contribution in [0.2, 0.25) is 0 Å². The topological polar surface area (TPSA) is 0 Å². The Balaban J connectivity index is -0.000000000833. The molecule has 0 aromatic rings. The van der Waals surface area contributed by atoms with Gasteiger partial charge in [0.05, 0.1) is 0 Å². The van der Waals surface area contributed by atoms with Gasteiger partial charge in [-0.3, -0.25) is 0 Å². The van der Waals surface area contributed by atoms with Crippen molar-refractivity contribution in [3.05, 3.63) is 0 Å². The molecule has 0 nitrogen and oxygen atoms in total. The van der Waals surface area contributed by atoms with E-state index in [1.165, 1.54) is 0 Å². The van der Waals surface area contributed by atoms with E-state index < -0.39 is 0 Å². The summed E-state index contributed by atoms with van der Waals surface area (Å²) < 4.78 is 0. The van der Waals surface area contributed by atoms with Crippen molar-refractivity contribution in [3.8, 4) is 0 Å². The van der Waals surface area contributed by atoms with Gasteiger partial charge in [-0.2, -0.15) is 0 Å². The van der Waals surface area contributed by atoms with Gasteiger partial charge in [0, 0.05) is 96.0 Å². The molecule has 1 radical (unpaired) electrons. The summed E-state index contributed by atoms with van der Waals surface area (Å²) >= 11 is 1.72. The van der Waals surface area contributed by atoms with Crippen LogP contribution in [0.4, 0.5) is 0 Å². The molecular weight excluding hydrogens is 647 g/mol. The van der Waals surface area contributed by atoms with Gasteiger partial charge in [-0.15, -0.1) is 0 Å². The summed E-state index contributed by atoms with van der Waals surface area (Å²) in [5.74, 6) is 0. The molecule has 0 unspecified atom stereocenters. The Labute approximate surface area is 118 Å². The van der Waals surface area contributed by atoms with Crippen LogP contribution < -0.4 is 0 Å². The second-order valence-corrected chi connectivity index (χ2v) is 0. The molecule has 6 heavy (non-hydrogen) atoms. The van der Waals surface area contributed by atoms with E-state index in [0.717, 1.165) is 0 Å². The Morgan fingerprint density at radius 3 is 1.17 bits per heavy atom. The maximum atomic E-state index is 2.06. The monoisotopic (exact) mass is 648 g/mol. The third kappa shape index (κ3) is 25.0. The molecule has 0 amide bonds. The predicted molar refractivity (Wildman–Crippen MR) is 8.54 cm³/mol. The summed E-state index contributed by atoms with van der Waals surface area (Å²) in [6, 6.07) is 0. The fourth-order valence-electron chi connectivity index (χ4n) is 0. The van der Waals surface area contributed by atoms with Crippen LogP contribution in [0.25, 0.3) is 0 Å². The molecular formula is H2BCoCrNdPtRe. The smallest absolute Gasteiger partial charge is 0 e. The van der Waals surface area contributed by atoms with Crippen LogP contribution in [0, 0.1) is 40.8 Å². The standard InChI is InChI=1S/BH2.Co.Cr.Nd.Pt.Re/h1H2;;;;;/q+1;;;;;-1. The third-order valence-corrected chi connectivity index (χ3v) is 0. The SMILES string of the molecule is [BH2][Re].[Co].[Cr].[Nd].[Pt]. The van der Waals surface area contributed by atoms with Crippen molar-refractivity contribution in [2.24, 2.45) is 0 Å². The Morgan fingerprint density at radius 1 is 1.17 bits per heavy atom. The zero-order chi connectivity index (χ0) is 2.00. The zero-order valence-corrected chi connectivity index (χ0v) is 13.4. The summed E-state index contributed by atoms with van der Waals surface area (Å²) in [7, 11) is 0. The van der Waals surface area contributed by atoms with E-state index in [4.69, 9.17) is 0 Å². The van der Waals surface area contributed by atoms with E-state index in [-0.39, 0.29) is 96.0 Å². The van der Waals surface area contributed by atoms with Crippen LogP contribution >= 0.6 is 0 Å². The average molecular weight is 649 g/mol. The number of rotatable bonds is 0. The van der Waals surface area contributed by atoms with Crippen LogP contribution in [0.1, 0.15) is 0 Å². The zero-order valence-electron chi connectivity index (χ0n) is 2.94. The molecule has 0 aromatic heterocycles. The van der Waals surface area contributed by atoms with Gasteiger partial charge in [-0.05, 0) is 0 Å². The van der Waals surface area contributed by atoms with E-state index in [9.17, 15) is 0 Å².